The molecule has 1 unspecified atom stereocenters. The lowest BCUT2D eigenvalue weighted by Gasteiger charge is -2.17. The van der Waals surface area contributed by atoms with E-state index in [9.17, 15) is 5.11 Å². The summed E-state index contributed by atoms with van der Waals surface area (Å²) in [6.45, 7) is 2.01. The number of nitrogens with zero attached hydrogens (tertiary/aromatic N) is 1. The van der Waals surface area contributed by atoms with Crippen LogP contribution in [0, 0.1) is 6.92 Å². The zero-order valence-electron chi connectivity index (χ0n) is 10.5. The minimum absolute atomic E-state index is 0.560. The first-order chi connectivity index (χ1) is 8.77. The van der Waals surface area contributed by atoms with Gasteiger partial charge in [-0.05, 0) is 48.4 Å². The molecule has 2 heteroatoms. The fourth-order valence-electron chi connectivity index (χ4n) is 2.46. The number of aliphatic hydroxyl groups is 1. The van der Waals surface area contributed by atoms with E-state index in [1.807, 2.05) is 25.1 Å². The average molecular weight is 239 g/mol. The van der Waals surface area contributed by atoms with Gasteiger partial charge in [0, 0.05) is 18.0 Å². The number of rotatable bonds is 3. The molecule has 1 heterocycles. The van der Waals surface area contributed by atoms with Crippen LogP contribution in [0.25, 0.3) is 0 Å². The Bertz CT molecular complexity index is 561. The first-order valence-electron chi connectivity index (χ1n) is 6.45. The Morgan fingerprint density at radius 1 is 1.17 bits per heavy atom. The molecule has 3 rings (SSSR count). The maximum Gasteiger partial charge on any atom is 0.106 e. The van der Waals surface area contributed by atoms with Crippen LogP contribution in [0.3, 0.4) is 0 Å². The second-order valence-electron chi connectivity index (χ2n) is 5.04. The summed E-state index contributed by atoms with van der Waals surface area (Å²) in [5.41, 5.74) is 4.33. The molecule has 0 amide bonds. The molecular formula is C16H17NO. The van der Waals surface area contributed by atoms with Crippen LogP contribution in [0.2, 0.25) is 0 Å². The van der Waals surface area contributed by atoms with Gasteiger partial charge in [0.05, 0.1) is 0 Å². The van der Waals surface area contributed by atoms with Gasteiger partial charge < -0.3 is 5.11 Å². The third kappa shape index (κ3) is 2.04. The van der Waals surface area contributed by atoms with E-state index in [-0.39, 0.29) is 0 Å². The standard InChI is InChI=1S/C16H17NO/c1-11-8-9-17-10-15(11)16(18)14-5-3-2-4-13(14)12-6-7-12/h2-5,8-10,12,16,18H,6-7H2,1H3. The topological polar surface area (TPSA) is 33.1 Å². The fraction of sp³-hybridized carbons (Fsp3) is 0.312. The normalized spacial score (nSPS) is 16.6. The van der Waals surface area contributed by atoms with E-state index in [0.717, 1.165) is 16.7 Å². The monoisotopic (exact) mass is 239 g/mol. The van der Waals surface area contributed by atoms with Gasteiger partial charge in [0.1, 0.15) is 6.10 Å². The molecule has 0 radical (unpaired) electrons. The van der Waals surface area contributed by atoms with Crippen molar-refractivity contribution in [3.8, 4) is 0 Å². The Hall–Kier alpha value is -1.67. The Morgan fingerprint density at radius 3 is 2.67 bits per heavy atom. The molecule has 1 aromatic heterocycles. The Kier molecular flexibility index (Phi) is 2.88. The molecule has 0 bridgehead atoms. The molecular weight excluding hydrogens is 222 g/mol. The van der Waals surface area contributed by atoms with Crippen molar-refractivity contribution >= 4 is 0 Å². The number of benzene rings is 1. The van der Waals surface area contributed by atoms with Crippen molar-refractivity contribution < 1.29 is 5.11 Å². The van der Waals surface area contributed by atoms with E-state index in [1.165, 1.54) is 18.4 Å². The van der Waals surface area contributed by atoms with E-state index >= 15 is 0 Å². The van der Waals surface area contributed by atoms with Crippen LogP contribution in [0.4, 0.5) is 0 Å². The van der Waals surface area contributed by atoms with E-state index in [0.29, 0.717) is 5.92 Å². The van der Waals surface area contributed by atoms with Crippen LogP contribution in [-0.4, -0.2) is 10.1 Å². The first-order valence-corrected chi connectivity index (χ1v) is 6.45. The molecule has 1 aromatic carbocycles. The lowest BCUT2D eigenvalue weighted by molar-refractivity contribution is 0.218. The molecule has 92 valence electrons. The van der Waals surface area contributed by atoms with Crippen molar-refractivity contribution in [1.82, 2.24) is 4.98 Å². The molecule has 1 saturated carbocycles. The second-order valence-corrected chi connectivity index (χ2v) is 5.04. The predicted octanol–water partition coefficient (Wildman–Crippen LogP) is 3.35. The molecule has 0 aliphatic heterocycles. The number of aliphatic hydroxyl groups excluding tert-OH is 1. The van der Waals surface area contributed by atoms with Gasteiger partial charge in [0.25, 0.3) is 0 Å². The van der Waals surface area contributed by atoms with E-state index in [1.54, 1.807) is 12.4 Å². The lowest BCUT2D eigenvalue weighted by Crippen LogP contribution is -2.05. The van der Waals surface area contributed by atoms with Gasteiger partial charge in [0.15, 0.2) is 0 Å². The molecule has 2 aromatic rings. The summed E-state index contributed by atoms with van der Waals surface area (Å²) in [6, 6.07) is 10.2. The molecule has 18 heavy (non-hydrogen) atoms. The van der Waals surface area contributed by atoms with Crippen molar-refractivity contribution in [2.45, 2.75) is 31.8 Å². The quantitative estimate of drug-likeness (QED) is 0.891. The Labute approximate surface area is 107 Å². The van der Waals surface area contributed by atoms with Crippen LogP contribution in [0.5, 0.6) is 0 Å². The molecule has 0 spiro atoms. The molecule has 2 nitrogen and oxygen atoms in total. The van der Waals surface area contributed by atoms with Crippen LogP contribution >= 0.6 is 0 Å². The van der Waals surface area contributed by atoms with Crippen molar-refractivity contribution in [2.24, 2.45) is 0 Å². The summed E-state index contributed by atoms with van der Waals surface area (Å²) < 4.78 is 0. The number of aryl methyl sites for hydroxylation is 1. The van der Waals surface area contributed by atoms with E-state index in [2.05, 4.69) is 17.1 Å². The molecule has 1 aliphatic carbocycles. The summed E-state index contributed by atoms with van der Waals surface area (Å²) in [5.74, 6) is 0.646. The van der Waals surface area contributed by atoms with Crippen LogP contribution in [-0.2, 0) is 0 Å². The molecule has 0 saturated heterocycles. The van der Waals surface area contributed by atoms with Crippen molar-refractivity contribution in [2.75, 3.05) is 0 Å². The lowest BCUT2D eigenvalue weighted by atomic mass is 9.93. The maximum atomic E-state index is 10.6. The zero-order chi connectivity index (χ0) is 12.5. The van der Waals surface area contributed by atoms with E-state index in [4.69, 9.17) is 0 Å². The highest BCUT2D eigenvalue weighted by atomic mass is 16.3. The highest BCUT2D eigenvalue weighted by Crippen LogP contribution is 2.43. The molecule has 1 atom stereocenters. The smallest absolute Gasteiger partial charge is 0.106 e. The van der Waals surface area contributed by atoms with Crippen molar-refractivity contribution in [3.05, 3.63) is 65.0 Å². The Morgan fingerprint density at radius 2 is 1.94 bits per heavy atom. The highest BCUT2D eigenvalue weighted by Gasteiger charge is 2.28. The first kappa shape index (κ1) is 11.4. The highest BCUT2D eigenvalue weighted by molar-refractivity contribution is 5.40. The molecule has 1 fully saturated rings. The predicted molar refractivity (Wildman–Crippen MR) is 71.5 cm³/mol. The molecule has 1 aliphatic rings. The summed E-state index contributed by atoms with van der Waals surface area (Å²) >= 11 is 0. The van der Waals surface area contributed by atoms with Crippen molar-refractivity contribution in [3.63, 3.8) is 0 Å². The number of pyridine rings is 1. The summed E-state index contributed by atoms with van der Waals surface area (Å²) in [5, 5.41) is 10.6. The van der Waals surface area contributed by atoms with Gasteiger partial charge in [-0.25, -0.2) is 0 Å². The summed E-state index contributed by atoms with van der Waals surface area (Å²) in [6.07, 6.45) is 5.46. The second kappa shape index (κ2) is 4.54. The van der Waals surface area contributed by atoms with Gasteiger partial charge in [-0.1, -0.05) is 24.3 Å². The number of hydrogen-bond acceptors (Lipinski definition) is 2. The SMILES string of the molecule is Cc1ccncc1C(O)c1ccccc1C1CC1. The minimum Gasteiger partial charge on any atom is -0.384 e. The fourth-order valence-corrected chi connectivity index (χ4v) is 2.46. The summed E-state index contributed by atoms with van der Waals surface area (Å²) in [7, 11) is 0. The van der Waals surface area contributed by atoms with E-state index < -0.39 is 6.10 Å². The van der Waals surface area contributed by atoms with Crippen molar-refractivity contribution in [1.29, 1.82) is 0 Å². The number of hydrogen-bond donors (Lipinski definition) is 1. The Balaban J connectivity index is 2.02. The molecule has 1 N–H and O–H groups in total. The van der Waals surface area contributed by atoms with Gasteiger partial charge in [0.2, 0.25) is 0 Å². The largest absolute Gasteiger partial charge is 0.384 e. The third-order valence-corrected chi connectivity index (χ3v) is 3.68. The van der Waals surface area contributed by atoms with Gasteiger partial charge >= 0.3 is 0 Å². The summed E-state index contributed by atoms with van der Waals surface area (Å²) in [4.78, 5) is 4.12. The zero-order valence-corrected chi connectivity index (χ0v) is 10.5. The minimum atomic E-state index is -0.560. The average Bonchev–Trinajstić information content (AvgIpc) is 3.23. The van der Waals surface area contributed by atoms with Gasteiger partial charge in [-0.15, -0.1) is 0 Å². The van der Waals surface area contributed by atoms with Crippen LogP contribution < -0.4 is 0 Å². The van der Waals surface area contributed by atoms with Gasteiger partial charge in [-0.3, -0.25) is 4.98 Å². The number of aromatic nitrogens is 1. The van der Waals surface area contributed by atoms with Crippen LogP contribution in [0.1, 0.15) is 47.1 Å². The van der Waals surface area contributed by atoms with Crippen LogP contribution in [0.15, 0.2) is 42.7 Å². The van der Waals surface area contributed by atoms with Gasteiger partial charge in [-0.2, -0.15) is 0 Å². The third-order valence-electron chi connectivity index (χ3n) is 3.68. The maximum absolute atomic E-state index is 10.6.